The summed E-state index contributed by atoms with van der Waals surface area (Å²) in [5.41, 5.74) is 0. The molecule has 1 aliphatic heterocycles. The van der Waals surface area contributed by atoms with Crippen LogP contribution in [0.4, 0.5) is 0 Å². The number of piperidine rings is 1. The lowest BCUT2D eigenvalue weighted by Gasteiger charge is -2.27. The highest BCUT2D eigenvalue weighted by Crippen LogP contribution is 2.11. The second-order valence-corrected chi connectivity index (χ2v) is 4.12. The fourth-order valence-corrected chi connectivity index (χ4v) is 1.88. The number of carbonyl (C=O) groups is 1. The third-order valence-corrected chi connectivity index (χ3v) is 2.93. The highest BCUT2D eigenvalue weighted by Gasteiger charge is 2.16. The van der Waals surface area contributed by atoms with Crippen LogP contribution in [0.5, 0.6) is 0 Å². The molecule has 0 amide bonds. The monoisotopic (exact) mass is 199 g/mol. The molecule has 0 aromatic carbocycles. The first-order valence-corrected chi connectivity index (χ1v) is 5.54. The molecule has 0 N–H and O–H groups in total. The quantitative estimate of drug-likeness (QED) is 0.645. The molecular weight excluding hydrogens is 178 g/mol. The largest absolute Gasteiger partial charge is 0.469 e. The van der Waals surface area contributed by atoms with Crippen molar-refractivity contribution in [2.45, 2.75) is 32.6 Å². The van der Waals surface area contributed by atoms with Crippen molar-refractivity contribution in [1.29, 1.82) is 0 Å². The maximum Gasteiger partial charge on any atom is 0.308 e. The van der Waals surface area contributed by atoms with E-state index in [2.05, 4.69) is 4.90 Å². The van der Waals surface area contributed by atoms with Gasteiger partial charge in [0.05, 0.1) is 13.0 Å². The number of hydrogen-bond donors (Lipinski definition) is 0. The molecule has 0 saturated carbocycles. The van der Waals surface area contributed by atoms with Crippen molar-refractivity contribution < 1.29 is 9.53 Å². The maximum atomic E-state index is 11.1. The van der Waals surface area contributed by atoms with Crippen molar-refractivity contribution in [1.82, 2.24) is 4.90 Å². The lowest BCUT2D eigenvalue weighted by atomic mass is 10.1. The molecule has 0 spiro atoms. The van der Waals surface area contributed by atoms with Gasteiger partial charge in [-0.25, -0.2) is 0 Å². The lowest BCUT2D eigenvalue weighted by Crippen LogP contribution is -2.32. The van der Waals surface area contributed by atoms with E-state index in [1.54, 1.807) is 0 Å². The summed E-state index contributed by atoms with van der Waals surface area (Å²) in [6, 6.07) is 0. The fourth-order valence-electron chi connectivity index (χ4n) is 1.88. The molecule has 0 aliphatic carbocycles. The second kappa shape index (κ2) is 6.02. The van der Waals surface area contributed by atoms with Crippen molar-refractivity contribution >= 4 is 5.97 Å². The molecule has 1 unspecified atom stereocenters. The molecule has 1 atom stereocenters. The molecule has 1 heterocycles. The van der Waals surface area contributed by atoms with Gasteiger partial charge in [0.15, 0.2) is 0 Å². The van der Waals surface area contributed by atoms with Crippen LogP contribution in [0.2, 0.25) is 0 Å². The predicted molar refractivity (Wildman–Crippen MR) is 56.1 cm³/mol. The minimum Gasteiger partial charge on any atom is -0.469 e. The number of esters is 1. The Balaban J connectivity index is 2.15. The minimum atomic E-state index is -0.0815. The van der Waals surface area contributed by atoms with Gasteiger partial charge < -0.3 is 9.64 Å². The first kappa shape index (κ1) is 11.5. The van der Waals surface area contributed by atoms with Gasteiger partial charge in [-0.05, 0) is 38.9 Å². The van der Waals surface area contributed by atoms with Gasteiger partial charge in [0.1, 0.15) is 0 Å². The van der Waals surface area contributed by atoms with Gasteiger partial charge >= 0.3 is 5.97 Å². The van der Waals surface area contributed by atoms with Gasteiger partial charge in [-0.1, -0.05) is 13.3 Å². The Kier molecular flexibility index (Phi) is 4.94. The van der Waals surface area contributed by atoms with Gasteiger partial charge in [0.25, 0.3) is 0 Å². The van der Waals surface area contributed by atoms with Crippen molar-refractivity contribution in [3.05, 3.63) is 0 Å². The van der Waals surface area contributed by atoms with Gasteiger partial charge in [-0.3, -0.25) is 4.79 Å². The smallest absolute Gasteiger partial charge is 0.308 e. The predicted octanol–water partition coefficient (Wildman–Crippen LogP) is 1.67. The fraction of sp³-hybridized carbons (Fsp3) is 0.909. The Morgan fingerprint density at radius 3 is 2.57 bits per heavy atom. The number of ether oxygens (including phenoxy) is 1. The summed E-state index contributed by atoms with van der Waals surface area (Å²) < 4.78 is 4.69. The molecule has 0 radical (unpaired) electrons. The van der Waals surface area contributed by atoms with Crippen LogP contribution in [0.25, 0.3) is 0 Å². The third-order valence-electron chi connectivity index (χ3n) is 2.93. The lowest BCUT2D eigenvalue weighted by molar-refractivity contribution is -0.145. The summed E-state index contributed by atoms with van der Waals surface area (Å²) in [6.45, 7) is 5.38. The molecular formula is C11H21NO2. The highest BCUT2D eigenvalue weighted by atomic mass is 16.5. The summed E-state index contributed by atoms with van der Waals surface area (Å²) >= 11 is 0. The number of hydrogen-bond acceptors (Lipinski definition) is 3. The van der Waals surface area contributed by atoms with E-state index in [0.29, 0.717) is 0 Å². The van der Waals surface area contributed by atoms with Crippen LogP contribution in [-0.4, -0.2) is 37.6 Å². The van der Waals surface area contributed by atoms with E-state index in [4.69, 9.17) is 4.74 Å². The topological polar surface area (TPSA) is 29.5 Å². The second-order valence-electron chi connectivity index (χ2n) is 4.12. The highest BCUT2D eigenvalue weighted by molar-refractivity contribution is 5.71. The van der Waals surface area contributed by atoms with Crippen molar-refractivity contribution in [3.63, 3.8) is 0 Å². The van der Waals surface area contributed by atoms with Crippen LogP contribution in [0.15, 0.2) is 0 Å². The van der Waals surface area contributed by atoms with Gasteiger partial charge in [-0.15, -0.1) is 0 Å². The van der Waals surface area contributed by atoms with Crippen molar-refractivity contribution in [2.24, 2.45) is 5.92 Å². The number of carbonyl (C=O) groups excluding carboxylic acids is 1. The van der Waals surface area contributed by atoms with E-state index >= 15 is 0 Å². The van der Waals surface area contributed by atoms with E-state index in [-0.39, 0.29) is 11.9 Å². The number of rotatable bonds is 4. The van der Waals surface area contributed by atoms with Crippen LogP contribution in [0.1, 0.15) is 32.6 Å². The Morgan fingerprint density at radius 2 is 2.00 bits per heavy atom. The molecule has 1 fully saturated rings. The van der Waals surface area contributed by atoms with Gasteiger partial charge in [0, 0.05) is 0 Å². The zero-order valence-electron chi connectivity index (χ0n) is 9.29. The summed E-state index contributed by atoms with van der Waals surface area (Å²) in [5, 5.41) is 0. The van der Waals surface area contributed by atoms with Crippen molar-refractivity contribution in [2.75, 3.05) is 26.7 Å². The van der Waals surface area contributed by atoms with Crippen LogP contribution in [0, 0.1) is 5.92 Å². The summed E-state index contributed by atoms with van der Waals surface area (Å²) in [6.07, 6.45) is 4.91. The van der Waals surface area contributed by atoms with E-state index in [1.807, 2.05) is 6.92 Å². The van der Waals surface area contributed by atoms with E-state index in [9.17, 15) is 4.79 Å². The van der Waals surface area contributed by atoms with Crippen LogP contribution < -0.4 is 0 Å². The molecule has 14 heavy (non-hydrogen) atoms. The third kappa shape index (κ3) is 3.66. The molecule has 1 aliphatic rings. The zero-order chi connectivity index (χ0) is 10.4. The Morgan fingerprint density at radius 1 is 1.36 bits per heavy atom. The Bertz CT molecular complexity index is 176. The van der Waals surface area contributed by atoms with Crippen LogP contribution in [0.3, 0.4) is 0 Å². The number of nitrogens with zero attached hydrogens (tertiary/aromatic N) is 1. The molecule has 0 aromatic heterocycles. The zero-order valence-corrected chi connectivity index (χ0v) is 9.29. The summed E-state index contributed by atoms with van der Waals surface area (Å²) in [7, 11) is 1.46. The maximum absolute atomic E-state index is 11.1. The molecule has 82 valence electrons. The Labute approximate surface area is 86.4 Å². The molecule has 3 heteroatoms. The molecule has 0 bridgehead atoms. The summed E-state index contributed by atoms with van der Waals surface area (Å²) in [4.78, 5) is 13.6. The summed E-state index contributed by atoms with van der Waals surface area (Å²) in [5.74, 6) is -0.0380. The van der Waals surface area contributed by atoms with E-state index < -0.39 is 0 Å². The van der Waals surface area contributed by atoms with Gasteiger partial charge in [-0.2, -0.15) is 0 Å². The van der Waals surface area contributed by atoms with Crippen LogP contribution in [-0.2, 0) is 9.53 Å². The SMILES string of the molecule is COC(=O)C(C)CCN1CCCCC1. The molecule has 3 nitrogen and oxygen atoms in total. The van der Waals surface area contributed by atoms with E-state index in [0.717, 1.165) is 13.0 Å². The number of methoxy groups -OCH3 is 1. The average molecular weight is 199 g/mol. The minimum absolute atomic E-state index is 0.0435. The average Bonchev–Trinajstić information content (AvgIpc) is 2.26. The number of likely N-dealkylation sites (tertiary alicyclic amines) is 1. The molecule has 1 rings (SSSR count). The first-order valence-electron chi connectivity index (χ1n) is 5.54. The Hall–Kier alpha value is -0.570. The van der Waals surface area contributed by atoms with Gasteiger partial charge in [0.2, 0.25) is 0 Å². The van der Waals surface area contributed by atoms with E-state index in [1.165, 1.54) is 39.5 Å². The van der Waals surface area contributed by atoms with Crippen LogP contribution >= 0.6 is 0 Å². The standard InChI is InChI=1S/C11H21NO2/c1-10(11(13)14-2)6-9-12-7-4-3-5-8-12/h10H,3-9H2,1-2H3. The van der Waals surface area contributed by atoms with Crippen molar-refractivity contribution in [3.8, 4) is 0 Å². The first-order chi connectivity index (χ1) is 6.74. The molecule has 1 saturated heterocycles. The normalized spacial score (nSPS) is 20.4. The molecule has 0 aromatic rings.